The van der Waals surface area contributed by atoms with Gasteiger partial charge in [0.05, 0.1) is 18.5 Å². The van der Waals surface area contributed by atoms with Crippen molar-refractivity contribution in [2.45, 2.75) is 25.7 Å². The zero-order valence-corrected chi connectivity index (χ0v) is 15.4. The van der Waals surface area contributed by atoms with Crippen LogP contribution in [-0.2, 0) is 0 Å². The molecule has 0 saturated heterocycles. The Morgan fingerprint density at radius 1 is 1.11 bits per heavy atom. The van der Waals surface area contributed by atoms with Crippen LogP contribution in [0.4, 0.5) is 16.2 Å². The fraction of sp³-hybridized carbons (Fsp3) is 0.238. The number of aryl methyl sites for hydroxylation is 1. The highest BCUT2D eigenvalue weighted by atomic mass is 16.5. The SMILES string of the molecule is COc1ccccc1-c1n[nH]c(C2CC2)c1NC(=O)Nc1ccccc1C. The van der Waals surface area contributed by atoms with Crippen molar-refractivity contribution in [3.63, 3.8) is 0 Å². The number of methoxy groups -OCH3 is 1. The second kappa shape index (κ2) is 7.15. The molecular formula is C21H22N4O2. The minimum Gasteiger partial charge on any atom is -0.496 e. The van der Waals surface area contributed by atoms with Gasteiger partial charge in [-0.3, -0.25) is 5.10 Å². The van der Waals surface area contributed by atoms with E-state index >= 15 is 0 Å². The van der Waals surface area contributed by atoms with Gasteiger partial charge in [-0.25, -0.2) is 4.79 Å². The van der Waals surface area contributed by atoms with E-state index < -0.39 is 0 Å². The van der Waals surface area contributed by atoms with E-state index in [1.54, 1.807) is 7.11 Å². The minimum absolute atomic E-state index is 0.288. The van der Waals surface area contributed by atoms with E-state index in [-0.39, 0.29) is 6.03 Å². The third kappa shape index (κ3) is 3.51. The number of aromatic amines is 1. The van der Waals surface area contributed by atoms with Crippen LogP contribution < -0.4 is 15.4 Å². The van der Waals surface area contributed by atoms with Crippen LogP contribution in [-0.4, -0.2) is 23.3 Å². The van der Waals surface area contributed by atoms with E-state index in [2.05, 4.69) is 20.8 Å². The summed E-state index contributed by atoms with van der Waals surface area (Å²) >= 11 is 0. The number of carbonyl (C=O) groups is 1. The first-order chi connectivity index (χ1) is 13.2. The summed E-state index contributed by atoms with van der Waals surface area (Å²) in [6.45, 7) is 1.96. The molecule has 1 aromatic heterocycles. The second-order valence-corrected chi connectivity index (χ2v) is 6.73. The summed E-state index contributed by atoms with van der Waals surface area (Å²) in [6, 6.07) is 15.1. The highest BCUT2D eigenvalue weighted by Crippen LogP contribution is 2.46. The van der Waals surface area contributed by atoms with E-state index in [1.807, 2.05) is 55.5 Å². The van der Waals surface area contributed by atoms with Crippen LogP contribution in [0.15, 0.2) is 48.5 Å². The van der Waals surface area contributed by atoms with Gasteiger partial charge in [0.2, 0.25) is 0 Å². The number of amides is 2. The predicted molar refractivity (Wildman–Crippen MR) is 106 cm³/mol. The quantitative estimate of drug-likeness (QED) is 0.603. The molecule has 138 valence electrons. The van der Waals surface area contributed by atoms with Crippen LogP contribution in [0.1, 0.15) is 30.0 Å². The predicted octanol–water partition coefficient (Wildman–Crippen LogP) is 4.92. The Balaban J connectivity index is 1.66. The third-order valence-corrected chi connectivity index (χ3v) is 4.77. The normalized spacial score (nSPS) is 13.3. The maximum absolute atomic E-state index is 12.7. The lowest BCUT2D eigenvalue weighted by molar-refractivity contribution is 0.262. The van der Waals surface area contributed by atoms with Crippen molar-refractivity contribution >= 4 is 17.4 Å². The average Bonchev–Trinajstić information content (AvgIpc) is 3.44. The smallest absolute Gasteiger partial charge is 0.323 e. The number of carbonyl (C=O) groups excluding carboxylic acids is 1. The molecular weight excluding hydrogens is 340 g/mol. The van der Waals surface area contributed by atoms with Gasteiger partial charge in [-0.2, -0.15) is 5.10 Å². The average molecular weight is 362 g/mol. The number of hydrogen-bond acceptors (Lipinski definition) is 3. The number of H-pyrrole nitrogens is 1. The second-order valence-electron chi connectivity index (χ2n) is 6.73. The first-order valence-corrected chi connectivity index (χ1v) is 9.02. The van der Waals surface area contributed by atoms with Gasteiger partial charge in [0, 0.05) is 17.2 Å². The topological polar surface area (TPSA) is 79.0 Å². The molecule has 4 rings (SSSR count). The molecule has 3 N–H and O–H groups in total. The highest BCUT2D eigenvalue weighted by Gasteiger charge is 2.31. The van der Waals surface area contributed by atoms with Gasteiger partial charge in [0.25, 0.3) is 0 Å². The lowest BCUT2D eigenvalue weighted by Gasteiger charge is -2.12. The van der Waals surface area contributed by atoms with Crippen molar-refractivity contribution in [1.29, 1.82) is 0 Å². The number of urea groups is 1. The monoisotopic (exact) mass is 362 g/mol. The molecule has 1 aliphatic carbocycles. The fourth-order valence-electron chi connectivity index (χ4n) is 3.16. The molecule has 0 bridgehead atoms. The molecule has 0 radical (unpaired) electrons. The summed E-state index contributed by atoms with van der Waals surface area (Å²) in [7, 11) is 1.63. The molecule has 1 saturated carbocycles. The standard InChI is InChI=1S/C21H22N4O2/c1-13-7-3-5-9-16(13)22-21(26)23-20-18(14-11-12-14)24-25-19(20)15-8-4-6-10-17(15)27-2/h3-10,14H,11-12H2,1-2H3,(H,24,25)(H2,22,23,26). The molecule has 0 unspecified atom stereocenters. The molecule has 1 aliphatic rings. The molecule has 27 heavy (non-hydrogen) atoms. The number of rotatable bonds is 5. The molecule has 2 aromatic carbocycles. The van der Waals surface area contributed by atoms with Crippen molar-refractivity contribution < 1.29 is 9.53 Å². The van der Waals surface area contributed by atoms with Crippen LogP contribution in [0.2, 0.25) is 0 Å². The van der Waals surface area contributed by atoms with E-state index in [1.165, 1.54) is 0 Å². The Labute approximate surface area is 158 Å². The van der Waals surface area contributed by atoms with Gasteiger partial charge in [-0.15, -0.1) is 0 Å². The van der Waals surface area contributed by atoms with Crippen LogP contribution in [0.3, 0.4) is 0 Å². The lowest BCUT2D eigenvalue weighted by atomic mass is 10.1. The molecule has 6 heteroatoms. The Morgan fingerprint density at radius 2 is 1.85 bits per heavy atom. The molecule has 1 heterocycles. The Hall–Kier alpha value is -3.28. The summed E-state index contributed by atoms with van der Waals surface area (Å²) in [5.41, 5.74) is 5.00. The first kappa shape index (κ1) is 17.1. The Morgan fingerprint density at radius 3 is 2.59 bits per heavy atom. The van der Waals surface area contributed by atoms with Crippen molar-refractivity contribution in [1.82, 2.24) is 10.2 Å². The molecule has 2 amide bonds. The number of nitrogens with zero attached hydrogens (tertiary/aromatic N) is 1. The van der Waals surface area contributed by atoms with Crippen molar-refractivity contribution in [3.8, 4) is 17.0 Å². The lowest BCUT2D eigenvalue weighted by Crippen LogP contribution is -2.20. The number of nitrogens with one attached hydrogen (secondary N) is 3. The van der Waals surface area contributed by atoms with Crippen LogP contribution in [0.5, 0.6) is 5.75 Å². The number of para-hydroxylation sites is 2. The third-order valence-electron chi connectivity index (χ3n) is 4.77. The molecule has 1 fully saturated rings. The number of hydrogen-bond donors (Lipinski definition) is 3. The molecule has 6 nitrogen and oxygen atoms in total. The van der Waals surface area contributed by atoms with Gasteiger partial charge >= 0.3 is 6.03 Å². The van der Waals surface area contributed by atoms with Gasteiger partial charge in [0.15, 0.2) is 0 Å². The number of anilines is 2. The van der Waals surface area contributed by atoms with Gasteiger partial charge in [0.1, 0.15) is 11.4 Å². The maximum atomic E-state index is 12.7. The van der Waals surface area contributed by atoms with Crippen molar-refractivity contribution in [3.05, 3.63) is 59.8 Å². The summed E-state index contributed by atoms with van der Waals surface area (Å²) in [6.07, 6.45) is 2.20. The number of ether oxygens (including phenoxy) is 1. The van der Waals surface area contributed by atoms with E-state index in [0.29, 0.717) is 23.0 Å². The summed E-state index contributed by atoms with van der Waals surface area (Å²) in [4.78, 5) is 12.7. The van der Waals surface area contributed by atoms with Crippen molar-refractivity contribution in [2.24, 2.45) is 0 Å². The Bertz CT molecular complexity index is 976. The van der Waals surface area contributed by atoms with Crippen LogP contribution in [0, 0.1) is 6.92 Å². The zero-order chi connectivity index (χ0) is 18.8. The molecule has 3 aromatic rings. The van der Waals surface area contributed by atoms with Crippen LogP contribution in [0.25, 0.3) is 11.3 Å². The summed E-state index contributed by atoms with van der Waals surface area (Å²) < 4.78 is 5.47. The molecule has 0 atom stereocenters. The zero-order valence-electron chi connectivity index (χ0n) is 15.4. The summed E-state index contributed by atoms with van der Waals surface area (Å²) in [5, 5.41) is 13.5. The molecule has 0 spiro atoms. The fourth-order valence-corrected chi connectivity index (χ4v) is 3.16. The van der Waals surface area contributed by atoms with Gasteiger partial charge in [-0.1, -0.05) is 30.3 Å². The largest absolute Gasteiger partial charge is 0.496 e. The first-order valence-electron chi connectivity index (χ1n) is 9.02. The van der Waals surface area contributed by atoms with Crippen molar-refractivity contribution in [2.75, 3.05) is 17.7 Å². The van der Waals surface area contributed by atoms with E-state index in [9.17, 15) is 4.79 Å². The Kier molecular flexibility index (Phi) is 4.54. The molecule has 0 aliphatic heterocycles. The highest BCUT2D eigenvalue weighted by molar-refractivity contribution is 6.03. The van der Waals surface area contributed by atoms with E-state index in [0.717, 1.165) is 35.3 Å². The van der Waals surface area contributed by atoms with Gasteiger partial charge in [-0.05, 0) is 43.5 Å². The maximum Gasteiger partial charge on any atom is 0.323 e. The number of aromatic nitrogens is 2. The minimum atomic E-state index is -0.288. The van der Waals surface area contributed by atoms with E-state index in [4.69, 9.17) is 4.74 Å². The van der Waals surface area contributed by atoms with Gasteiger partial charge < -0.3 is 15.4 Å². The summed E-state index contributed by atoms with van der Waals surface area (Å²) in [5.74, 6) is 1.13. The number of benzene rings is 2. The van der Waals surface area contributed by atoms with Crippen LogP contribution >= 0.6 is 0 Å².